The molecule has 0 saturated carbocycles. The highest BCUT2D eigenvalue weighted by molar-refractivity contribution is 5.79. The van der Waals surface area contributed by atoms with Gasteiger partial charge in [-0.25, -0.2) is 4.39 Å². The molecule has 3 N–H and O–H groups in total. The third kappa shape index (κ3) is 3.67. The molecule has 0 aliphatic heterocycles. The molecule has 1 amide bonds. The highest BCUT2D eigenvalue weighted by Gasteiger charge is 2.07. The maximum absolute atomic E-state index is 13.2. The third-order valence-corrected chi connectivity index (χ3v) is 2.23. The lowest BCUT2D eigenvalue weighted by atomic mass is 10.1. The Morgan fingerprint density at radius 1 is 1.53 bits per heavy atom. The van der Waals surface area contributed by atoms with E-state index in [-0.39, 0.29) is 11.9 Å². The number of hydrogen-bond donors (Lipinski definition) is 2. The third-order valence-electron chi connectivity index (χ3n) is 2.23. The Kier molecular flexibility index (Phi) is 4.24. The van der Waals surface area contributed by atoms with Crippen LogP contribution in [0.5, 0.6) is 0 Å². The summed E-state index contributed by atoms with van der Waals surface area (Å²) in [6, 6.07) is 6.21. The van der Waals surface area contributed by atoms with Gasteiger partial charge in [0.15, 0.2) is 0 Å². The van der Waals surface area contributed by atoms with Gasteiger partial charge in [-0.05, 0) is 25.0 Å². The number of carbonyl (C=O) groups is 1. The molecule has 1 unspecified atom stereocenters. The molecule has 15 heavy (non-hydrogen) atoms. The normalized spacial score (nSPS) is 12.4. The minimum Gasteiger partial charge on any atom is -0.368 e. The molecule has 0 radical (unpaired) electrons. The summed E-state index contributed by atoms with van der Waals surface area (Å²) < 4.78 is 13.2. The molecule has 0 heterocycles. The number of primary amides is 1. The van der Waals surface area contributed by atoms with E-state index in [4.69, 9.17) is 5.73 Å². The zero-order valence-corrected chi connectivity index (χ0v) is 8.66. The predicted octanol–water partition coefficient (Wildman–Crippen LogP) is 0.832. The van der Waals surface area contributed by atoms with E-state index < -0.39 is 5.91 Å². The second kappa shape index (κ2) is 5.46. The van der Waals surface area contributed by atoms with E-state index in [1.807, 2.05) is 0 Å². The van der Waals surface area contributed by atoms with Crippen LogP contribution in [0.2, 0.25) is 0 Å². The van der Waals surface area contributed by atoms with Crippen LogP contribution < -0.4 is 11.1 Å². The van der Waals surface area contributed by atoms with E-state index in [0.717, 1.165) is 0 Å². The number of benzene rings is 1. The van der Waals surface area contributed by atoms with Crippen molar-refractivity contribution in [2.75, 3.05) is 6.54 Å². The second-order valence-electron chi connectivity index (χ2n) is 3.42. The van der Waals surface area contributed by atoms with Crippen molar-refractivity contribution in [3.05, 3.63) is 35.6 Å². The highest BCUT2D eigenvalue weighted by Crippen LogP contribution is 2.06. The van der Waals surface area contributed by atoms with E-state index in [9.17, 15) is 9.18 Å². The fourth-order valence-electron chi connectivity index (χ4n) is 1.23. The molecule has 0 aliphatic carbocycles. The van der Waals surface area contributed by atoms with Crippen molar-refractivity contribution in [2.24, 2.45) is 5.73 Å². The van der Waals surface area contributed by atoms with E-state index >= 15 is 0 Å². The van der Waals surface area contributed by atoms with Crippen molar-refractivity contribution in [1.29, 1.82) is 0 Å². The summed E-state index contributed by atoms with van der Waals surface area (Å²) in [7, 11) is 0. The first kappa shape index (κ1) is 11.7. The Labute approximate surface area is 88.5 Å². The lowest BCUT2D eigenvalue weighted by molar-refractivity contribution is -0.119. The topological polar surface area (TPSA) is 55.1 Å². The number of carbonyl (C=O) groups excluding carboxylic acids is 1. The number of hydrogen-bond acceptors (Lipinski definition) is 2. The van der Waals surface area contributed by atoms with Crippen LogP contribution in [0, 0.1) is 5.82 Å². The summed E-state index contributed by atoms with van der Waals surface area (Å²) in [5.41, 5.74) is 5.71. The lowest BCUT2D eigenvalue weighted by Crippen LogP contribution is -2.39. The van der Waals surface area contributed by atoms with Gasteiger partial charge in [0.25, 0.3) is 0 Å². The van der Waals surface area contributed by atoms with Crippen LogP contribution in [-0.4, -0.2) is 18.5 Å². The van der Waals surface area contributed by atoms with Crippen molar-refractivity contribution >= 4 is 5.91 Å². The molecule has 1 aromatic carbocycles. The van der Waals surface area contributed by atoms with Crippen molar-refractivity contribution in [3.8, 4) is 0 Å². The van der Waals surface area contributed by atoms with Gasteiger partial charge in [-0.2, -0.15) is 0 Å². The smallest absolute Gasteiger partial charge is 0.234 e. The Morgan fingerprint density at radius 2 is 2.20 bits per heavy atom. The van der Waals surface area contributed by atoms with E-state index in [2.05, 4.69) is 5.32 Å². The van der Waals surface area contributed by atoms with Gasteiger partial charge in [-0.15, -0.1) is 0 Å². The first-order chi connectivity index (χ1) is 7.11. The maximum atomic E-state index is 13.2. The Bertz CT molecular complexity index is 341. The molecule has 4 heteroatoms. The standard InChI is InChI=1S/C11H15FN2O/c1-8(11(13)15)14-7-6-9-4-2-3-5-10(9)12/h2-5,8,14H,6-7H2,1H3,(H2,13,15). The average Bonchev–Trinajstić information content (AvgIpc) is 2.20. The molecule has 0 aromatic heterocycles. The highest BCUT2D eigenvalue weighted by atomic mass is 19.1. The van der Waals surface area contributed by atoms with Crippen LogP contribution in [-0.2, 0) is 11.2 Å². The summed E-state index contributed by atoms with van der Waals surface area (Å²) in [6.45, 7) is 2.22. The molecule has 1 rings (SSSR count). The van der Waals surface area contributed by atoms with Crippen molar-refractivity contribution < 1.29 is 9.18 Å². The van der Waals surface area contributed by atoms with Crippen LogP contribution >= 0.6 is 0 Å². The first-order valence-electron chi connectivity index (χ1n) is 4.87. The van der Waals surface area contributed by atoms with Gasteiger partial charge in [0.1, 0.15) is 5.82 Å². The molecule has 0 bridgehead atoms. The van der Waals surface area contributed by atoms with Gasteiger partial charge in [-0.3, -0.25) is 4.79 Å². The largest absolute Gasteiger partial charge is 0.368 e. The van der Waals surface area contributed by atoms with Gasteiger partial charge < -0.3 is 11.1 Å². The minimum absolute atomic E-state index is 0.217. The summed E-state index contributed by atoms with van der Waals surface area (Å²) in [5.74, 6) is -0.616. The van der Waals surface area contributed by atoms with Gasteiger partial charge in [0.2, 0.25) is 5.91 Å². The van der Waals surface area contributed by atoms with Gasteiger partial charge in [-0.1, -0.05) is 18.2 Å². The van der Waals surface area contributed by atoms with E-state index in [1.165, 1.54) is 6.07 Å². The molecule has 1 atom stereocenters. The number of nitrogens with one attached hydrogen (secondary N) is 1. The molecule has 3 nitrogen and oxygen atoms in total. The Hall–Kier alpha value is -1.42. The van der Waals surface area contributed by atoms with Crippen LogP contribution in [0.15, 0.2) is 24.3 Å². The lowest BCUT2D eigenvalue weighted by Gasteiger charge is -2.09. The SMILES string of the molecule is CC(NCCc1ccccc1F)C(N)=O. The Balaban J connectivity index is 2.38. The molecular formula is C11H15FN2O. The minimum atomic E-state index is -0.400. The van der Waals surface area contributed by atoms with Crippen molar-refractivity contribution in [2.45, 2.75) is 19.4 Å². The summed E-state index contributed by atoms with van der Waals surface area (Å²) >= 11 is 0. The van der Waals surface area contributed by atoms with E-state index in [1.54, 1.807) is 25.1 Å². The zero-order valence-electron chi connectivity index (χ0n) is 8.66. The van der Waals surface area contributed by atoms with Gasteiger partial charge >= 0.3 is 0 Å². The molecule has 82 valence electrons. The van der Waals surface area contributed by atoms with Crippen LogP contribution in [0.4, 0.5) is 4.39 Å². The van der Waals surface area contributed by atoms with Crippen LogP contribution in [0.25, 0.3) is 0 Å². The summed E-state index contributed by atoms with van der Waals surface area (Å²) in [4.78, 5) is 10.7. The number of rotatable bonds is 5. The maximum Gasteiger partial charge on any atom is 0.234 e. The Morgan fingerprint density at radius 3 is 2.80 bits per heavy atom. The van der Waals surface area contributed by atoms with E-state index in [0.29, 0.717) is 18.5 Å². The van der Waals surface area contributed by atoms with Crippen molar-refractivity contribution in [3.63, 3.8) is 0 Å². The van der Waals surface area contributed by atoms with Gasteiger partial charge in [0, 0.05) is 6.54 Å². The average molecular weight is 210 g/mol. The first-order valence-corrected chi connectivity index (χ1v) is 4.87. The molecule has 0 spiro atoms. The monoisotopic (exact) mass is 210 g/mol. The molecular weight excluding hydrogens is 195 g/mol. The quantitative estimate of drug-likeness (QED) is 0.756. The molecule has 1 aromatic rings. The predicted molar refractivity (Wildman–Crippen MR) is 56.8 cm³/mol. The molecule has 0 aliphatic rings. The fraction of sp³-hybridized carbons (Fsp3) is 0.364. The van der Waals surface area contributed by atoms with Crippen LogP contribution in [0.1, 0.15) is 12.5 Å². The molecule has 0 saturated heterocycles. The second-order valence-corrected chi connectivity index (χ2v) is 3.42. The number of halogens is 1. The van der Waals surface area contributed by atoms with Crippen molar-refractivity contribution in [1.82, 2.24) is 5.32 Å². The molecule has 0 fully saturated rings. The zero-order chi connectivity index (χ0) is 11.3. The van der Waals surface area contributed by atoms with Gasteiger partial charge in [0.05, 0.1) is 6.04 Å². The number of nitrogens with two attached hydrogens (primary N) is 1. The fourth-order valence-corrected chi connectivity index (χ4v) is 1.23. The summed E-state index contributed by atoms with van der Waals surface area (Å²) in [6.07, 6.45) is 0.546. The summed E-state index contributed by atoms with van der Waals surface area (Å²) in [5, 5.41) is 2.92. The van der Waals surface area contributed by atoms with Crippen LogP contribution in [0.3, 0.4) is 0 Å². The number of amides is 1.